The van der Waals surface area contributed by atoms with Crippen molar-refractivity contribution in [3.63, 3.8) is 0 Å². The second kappa shape index (κ2) is 12.5. The fourth-order valence-electron chi connectivity index (χ4n) is 1.61. The topological polar surface area (TPSA) is 77.4 Å². The Kier molecular flexibility index (Phi) is 12.3. The maximum absolute atomic E-state index is 9.24. The van der Waals surface area contributed by atoms with Crippen LogP contribution in [0.25, 0.3) is 0 Å². The monoisotopic (exact) mass is 294 g/mol. The summed E-state index contributed by atoms with van der Waals surface area (Å²) in [6.07, 6.45) is 0.537. The van der Waals surface area contributed by atoms with Crippen molar-refractivity contribution >= 4 is 0 Å². The summed E-state index contributed by atoms with van der Waals surface area (Å²) >= 11 is 0. The summed E-state index contributed by atoms with van der Waals surface area (Å²) in [7, 11) is 3.27. The van der Waals surface area contributed by atoms with Crippen LogP contribution in [-0.4, -0.2) is 75.3 Å². The lowest BCUT2D eigenvalue weighted by atomic mass is 10.1. The van der Waals surface area contributed by atoms with E-state index in [1.807, 2.05) is 6.92 Å². The first-order chi connectivity index (χ1) is 9.53. The average Bonchev–Trinajstić information content (AvgIpc) is 2.43. The molecule has 122 valence electrons. The average molecular weight is 294 g/mol. The number of methoxy groups -OCH3 is 2. The zero-order valence-electron chi connectivity index (χ0n) is 13.1. The number of ether oxygens (including phenoxy) is 4. The second-order valence-corrected chi connectivity index (χ2v) is 5.02. The molecule has 0 aromatic heterocycles. The molecule has 0 heterocycles. The molecule has 20 heavy (non-hydrogen) atoms. The molecule has 0 rings (SSSR count). The second-order valence-electron chi connectivity index (χ2n) is 5.02. The van der Waals surface area contributed by atoms with Crippen molar-refractivity contribution < 1.29 is 29.2 Å². The largest absolute Gasteiger partial charge is 0.394 e. The first-order valence-corrected chi connectivity index (χ1v) is 7.07. The van der Waals surface area contributed by atoms with E-state index in [1.165, 1.54) is 0 Å². The highest BCUT2D eigenvalue weighted by atomic mass is 16.5. The molecule has 0 aliphatic carbocycles. The molecule has 0 aromatic carbocycles. The Balaban J connectivity index is 4.02. The van der Waals surface area contributed by atoms with Crippen molar-refractivity contribution in [2.45, 2.75) is 51.1 Å². The van der Waals surface area contributed by atoms with Crippen LogP contribution in [0.2, 0.25) is 0 Å². The smallest absolute Gasteiger partial charge is 0.0810 e. The molecular weight excluding hydrogens is 264 g/mol. The molecule has 6 nitrogen and oxygen atoms in total. The summed E-state index contributed by atoms with van der Waals surface area (Å²) in [6.45, 7) is 4.74. The lowest BCUT2D eigenvalue weighted by Gasteiger charge is -2.22. The van der Waals surface area contributed by atoms with E-state index in [-0.39, 0.29) is 31.5 Å². The van der Waals surface area contributed by atoms with Gasteiger partial charge in [-0.15, -0.1) is 0 Å². The molecule has 0 saturated heterocycles. The van der Waals surface area contributed by atoms with E-state index < -0.39 is 6.10 Å². The maximum Gasteiger partial charge on any atom is 0.0810 e. The van der Waals surface area contributed by atoms with E-state index in [2.05, 4.69) is 0 Å². The first-order valence-electron chi connectivity index (χ1n) is 7.07. The van der Waals surface area contributed by atoms with E-state index in [9.17, 15) is 5.11 Å². The number of aliphatic hydroxyl groups excluding tert-OH is 2. The summed E-state index contributed by atoms with van der Waals surface area (Å²) < 4.78 is 21.4. The lowest BCUT2D eigenvalue weighted by Crippen LogP contribution is -2.28. The zero-order chi connectivity index (χ0) is 15.4. The van der Waals surface area contributed by atoms with Crippen LogP contribution >= 0.6 is 0 Å². The fraction of sp³-hybridized carbons (Fsp3) is 1.00. The van der Waals surface area contributed by atoms with E-state index >= 15 is 0 Å². The zero-order valence-corrected chi connectivity index (χ0v) is 13.1. The van der Waals surface area contributed by atoms with Gasteiger partial charge in [-0.05, 0) is 26.7 Å². The van der Waals surface area contributed by atoms with Crippen LogP contribution < -0.4 is 0 Å². The minimum atomic E-state index is -0.530. The van der Waals surface area contributed by atoms with Crippen LogP contribution in [0.3, 0.4) is 0 Å². The van der Waals surface area contributed by atoms with Gasteiger partial charge < -0.3 is 29.2 Å². The molecular formula is C14H30O6. The van der Waals surface area contributed by atoms with Crippen LogP contribution in [0.15, 0.2) is 0 Å². The highest BCUT2D eigenvalue weighted by Gasteiger charge is 2.16. The number of hydrogen-bond acceptors (Lipinski definition) is 6. The van der Waals surface area contributed by atoms with Crippen LogP contribution in [-0.2, 0) is 18.9 Å². The van der Waals surface area contributed by atoms with Gasteiger partial charge >= 0.3 is 0 Å². The van der Waals surface area contributed by atoms with Crippen molar-refractivity contribution in [3.8, 4) is 0 Å². The summed E-state index contributed by atoms with van der Waals surface area (Å²) in [5.41, 5.74) is 0. The number of hydrogen-bond donors (Lipinski definition) is 2. The highest BCUT2D eigenvalue weighted by molar-refractivity contribution is 4.65. The SMILES string of the molecule is COCC(CCC(CO)OCC(C)O)OCC(C)OC. The molecule has 0 spiro atoms. The van der Waals surface area contributed by atoms with Crippen molar-refractivity contribution in [2.24, 2.45) is 0 Å². The molecule has 0 amide bonds. The third kappa shape index (κ3) is 10.5. The van der Waals surface area contributed by atoms with Gasteiger partial charge in [0.1, 0.15) is 0 Å². The van der Waals surface area contributed by atoms with Crippen LogP contribution in [0.1, 0.15) is 26.7 Å². The van der Waals surface area contributed by atoms with Gasteiger partial charge in [-0.2, -0.15) is 0 Å². The molecule has 0 aliphatic rings. The van der Waals surface area contributed by atoms with Crippen molar-refractivity contribution in [2.75, 3.05) is 40.6 Å². The molecule has 0 bridgehead atoms. The Labute approximate surface area is 122 Å². The lowest BCUT2D eigenvalue weighted by molar-refractivity contribution is -0.0655. The predicted molar refractivity (Wildman–Crippen MR) is 75.8 cm³/mol. The van der Waals surface area contributed by atoms with Gasteiger partial charge in [0, 0.05) is 14.2 Å². The minimum Gasteiger partial charge on any atom is -0.394 e. The normalized spacial score (nSPS) is 17.7. The Morgan fingerprint density at radius 2 is 1.50 bits per heavy atom. The molecule has 0 aliphatic heterocycles. The molecule has 0 fully saturated rings. The van der Waals surface area contributed by atoms with E-state index in [0.717, 1.165) is 6.42 Å². The Morgan fingerprint density at radius 1 is 0.900 bits per heavy atom. The molecule has 0 aromatic rings. The van der Waals surface area contributed by atoms with Crippen molar-refractivity contribution in [1.29, 1.82) is 0 Å². The fourth-order valence-corrected chi connectivity index (χ4v) is 1.61. The van der Waals surface area contributed by atoms with Gasteiger partial charge in [0.05, 0.1) is 50.8 Å². The van der Waals surface area contributed by atoms with Crippen LogP contribution in [0, 0.1) is 0 Å². The predicted octanol–water partition coefficient (Wildman–Crippen LogP) is 0.591. The molecule has 0 saturated carbocycles. The van der Waals surface area contributed by atoms with Gasteiger partial charge in [-0.25, -0.2) is 0 Å². The summed E-state index contributed by atoms with van der Waals surface area (Å²) in [4.78, 5) is 0. The summed E-state index contributed by atoms with van der Waals surface area (Å²) in [5, 5.41) is 18.4. The Hall–Kier alpha value is -0.240. The van der Waals surface area contributed by atoms with E-state index in [0.29, 0.717) is 19.6 Å². The van der Waals surface area contributed by atoms with Gasteiger partial charge in [0.25, 0.3) is 0 Å². The van der Waals surface area contributed by atoms with Gasteiger partial charge in [-0.1, -0.05) is 0 Å². The molecule has 6 heteroatoms. The van der Waals surface area contributed by atoms with Crippen molar-refractivity contribution in [3.05, 3.63) is 0 Å². The standard InChI is InChI=1S/C14H30O6/c1-11(16)8-19-13(7-15)5-6-14(10-17-3)20-9-12(2)18-4/h11-16H,5-10H2,1-4H3. The highest BCUT2D eigenvalue weighted by Crippen LogP contribution is 2.10. The molecule has 4 atom stereocenters. The van der Waals surface area contributed by atoms with Gasteiger partial charge in [-0.3, -0.25) is 0 Å². The first kappa shape index (κ1) is 19.8. The van der Waals surface area contributed by atoms with Gasteiger partial charge in [0.2, 0.25) is 0 Å². The van der Waals surface area contributed by atoms with Crippen molar-refractivity contribution in [1.82, 2.24) is 0 Å². The van der Waals surface area contributed by atoms with Gasteiger partial charge in [0.15, 0.2) is 0 Å². The van der Waals surface area contributed by atoms with E-state index in [1.54, 1.807) is 21.1 Å². The quantitative estimate of drug-likeness (QED) is 0.518. The Morgan fingerprint density at radius 3 is 2.00 bits per heavy atom. The number of rotatable bonds is 13. The van der Waals surface area contributed by atoms with E-state index in [4.69, 9.17) is 24.1 Å². The maximum atomic E-state index is 9.24. The third-order valence-electron chi connectivity index (χ3n) is 2.91. The Bertz CT molecular complexity index is 212. The van der Waals surface area contributed by atoms with Crippen LogP contribution in [0.5, 0.6) is 0 Å². The third-order valence-corrected chi connectivity index (χ3v) is 2.91. The minimum absolute atomic E-state index is 0.0366. The molecule has 2 N–H and O–H groups in total. The number of aliphatic hydroxyl groups is 2. The summed E-state index contributed by atoms with van der Waals surface area (Å²) in [6, 6.07) is 0. The summed E-state index contributed by atoms with van der Waals surface area (Å²) in [5.74, 6) is 0. The van der Waals surface area contributed by atoms with Crippen LogP contribution in [0.4, 0.5) is 0 Å². The molecule has 0 radical (unpaired) electrons. The molecule has 4 unspecified atom stereocenters.